The molecule has 0 amide bonds. The molecule has 0 aliphatic heterocycles. The second-order valence-electron chi connectivity index (χ2n) is 6.71. The summed E-state index contributed by atoms with van der Waals surface area (Å²) in [5.74, 6) is 0.459. The number of anilines is 1. The van der Waals surface area contributed by atoms with Gasteiger partial charge in [0.15, 0.2) is 5.82 Å². The van der Waals surface area contributed by atoms with Gasteiger partial charge in [0, 0.05) is 6.54 Å². The molecule has 1 aliphatic carbocycles. The summed E-state index contributed by atoms with van der Waals surface area (Å²) in [6.07, 6.45) is 7.21. The summed E-state index contributed by atoms with van der Waals surface area (Å²) < 4.78 is 32.2. The number of rotatable bonds is 5. The third-order valence-corrected chi connectivity index (χ3v) is 6.36. The lowest BCUT2D eigenvalue weighted by molar-refractivity contribution is 0.600. The molecule has 2 aromatic heterocycles. The van der Waals surface area contributed by atoms with Gasteiger partial charge in [0.2, 0.25) is 0 Å². The van der Waals surface area contributed by atoms with Crippen molar-refractivity contribution in [1.29, 1.82) is 0 Å². The van der Waals surface area contributed by atoms with Crippen molar-refractivity contribution in [2.75, 3.05) is 4.72 Å². The first-order valence-corrected chi connectivity index (χ1v) is 10.5. The molecular weight excluding hydrogens is 364 g/mol. The number of nitrogens with zero attached hydrogens (tertiary/aromatic N) is 5. The Labute approximate surface area is 158 Å². The predicted octanol–water partition coefficient (Wildman–Crippen LogP) is 2.47. The van der Waals surface area contributed by atoms with Gasteiger partial charge in [-0.2, -0.15) is 5.10 Å². The van der Waals surface area contributed by atoms with Gasteiger partial charge in [0.1, 0.15) is 18.3 Å². The average Bonchev–Trinajstić information content (AvgIpc) is 3.30. The molecule has 0 saturated carbocycles. The Hall–Kier alpha value is -2.68. The lowest BCUT2D eigenvalue weighted by Crippen LogP contribution is -2.16. The van der Waals surface area contributed by atoms with Gasteiger partial charge in [-0.25, -0.2) is 8.42 Å². The van der Waals surface area contributed by atoms with Crippen LogP contribution >= 0.6 is 0 Å². The first-order valence-electron chi connectivity index (χ1n) is 9.06. The smallest absolute Gasteiger partial charge is 0.262 e. The van der Waals surface area contributed by atoms with Gasteiger partial charge in [-0.15, -0.1) is 10.2 Å². The fourth-order valence-corrected chi connectivity index (χ4v) is 4.69. The molecule has 1 aliphatic rings. The molecule has 142 valence electrons. The van der Waals surface area contributed by atoms with Crippen LogP contribution in [-0.4, -0.2) is 33.0 Å². The molecule has 0 unspecified atom stereocenters. The first-order chi connectivity index (χ1) is 13.0. The van der Waals surface area contributed by atoms with Gasteiger partial charge in [0.05, 0.1) is 10.6 Å². The van der Waals surface area contributed by atoms with Crippen LogP contribution < -0.4 is 4.72 Å². The van der Waals surface area contributed by atoms with Crippen molar-refractivity contribution in [3.05, 3.63) is 47.7 Å². The fourth-order valence-electron chi connectivity index (χ4n) is 3.52. The van der Waals surface area contributed by atoms with Crippen molar-refractivity contribution in [3.63, 3.8) is 0 Å². The zero-order chi connectivity index (χ0) is 19.0. The highest BCUT2D eigenvalue weighted by molar-refractivity contribution is 7.92. The minimum atomic E-state index is -3.74. The van der Waals surface area contributed by atoms with Crippen LogP contribution in [0.15, 0.2) is 35.7 Å². The molecule has 0 spiro atoms. The Kier molecular flexibility index (Phi) is 4.47. The van der Waals surface area contributed by atoms with Gasteiger partial charge < -0.3 is 0 Å². The number of nitrogens with one attached hydrogen (secondary N) is 1. The summed E-state index contributed by atoms with van der Waals surface area (Å²) in [6.45, 7) is 4.42. The van der Waals surface area contributed by atoms with E-state index in [1.165, 1.54) is 18.2 Å². The quantitative estimate of drug-likeness (QED) is 0.727. The maximum absolute atomic E-state index is 13.1. The van der Waals surface area contributed by atoms with Crippen molar-refractivity contribution in [3.8, 4) is 5.82 Å². The monoisotopic (exact) mass is 386 g/mol. The summed E-state index contributed by atoms with van der Waals surface area (Å²) in [7, 11) is -3.74. The Bertz CT molecular complexity index is 1070. The molecule has 1 N–H and O–H groups in total. The first kappa shape index (κ1) is 17.7. The maximum Gasteiger partial charge on any atom is 0.262 e. The van der Waals surface area contributed by atoms with Gasteiger partial charge in [-0.05, 0) is 62.8 Å². The lowest BCUT2D eigenvalue weighted by atomic mass is 9.92. The Morgan fingerprint density at radius 3 is 2.52 bits per heavy atom. The van der Waals surface area contributed by atoms with Crippen molar-refractivity contribution in [1.82, 2.24) is 24.5 Å². The zero-order valence-electron chi connectivity index (χ0n) is 15.4. The molecule has 4 rings (SSSR count). The van der Waals surface area contributed by atoms with Gasteiger partial charge in [-0.1, -0.05) is 6.07 Å². The number of aryl methyl sites for hydroxylation is 3. The zero-order valence-corrected chi connectivity index (χ0v) is 16.2. The minimum absolute atomic E-state index is 0.279. The molecule has 0 bridgehead atoms. The van der Waals surface area contributed by atoms with E-state index in [2.05, 4.69) is 20.0 Å². The predicted molar refractivity (Wildman–Crippen MR) is 101 cm³/mol. The van der Waals surface area contributed by atoms with Crippen LogP contribution in [0.25, 0.3) is 5.82 Å². The summed E-state index contributed by atoms with van der Waals surface area (Å²) in [6, 6.07) is 5.42. The van der Waals surface area contributed by atoms with Crippen LogP contribution in [0.2, 0.25) is 0 Å². The molecule has 0 atom stereocenters. The van der Waals surface area contributed by atoms with E-state index in [0.29, 0.717) is 18.1 Å². The van der Waals surface area contributed by atoms with Crippen molar-refractivity contribution in [2.45, 2.75) is 51.0 Å². The van der Waals surface area contributed by atoms with Crippen LogP contribution in [0, 0.1) is 6.92 Å². The molecule has 27 heavy (non-hydrogen) atoms. The Morgan fingerprint density at radius 2 is 1.81 bits per heavy atom. The van der Waals surface area contributed by atoms with Crippen molar-refractivity contribution in [2.24, 2.45) is 0 Å². The van der Waals surface area contributed by atoms with Crippen molar-refractivity contribution >= 4 is 15.7 Å². The number of aromatic nitrogens is 5. The van der Waals surface area contributed by atoms with Crippen LogP contribution in [0.1, 0.15) is 36.6 Å². The molecule has 3 aromatic rings. The summed E-state index contributed by atoms with van der Waals surface area (Å²) in [5.41, 5.74) is 3.56. The topological polar surface area (TPSA) is 94.7 Å². The number of hydrogen-bond acceptors (Lipinski definition) is 5. The second-order valence-corrected chi connectivity index (χ2v) is 8.39. The van der Waals surface area contributed by atoms with E-state index in [1.807, 2.05) is 19.9 Å². The Balaban J connectivity index is 1.74. The van der Waals surface area contributed by atoms with Crippen molar-refractivity contribution < 1.29 is 8.42 Å². The van der Waals surface area contributed by atoms with E-state index in [0.717, 1.165) is 36.9 Å². The summed E-state index contributed by atoms with van der Waals surface area (Å²) >= 11 is 0. The Morgan fingerprint density at radius 1 is 1.11 bits per heavy atom. The van der Waals surface area contributed by atoms with Gasteiger partial charge in [0.25, 0.3) is 10.0 Å². The highest BCUT2D eigenvalue weighted by atomic mass is 32.2. The molecule has 9 heteroatoms. The number of hydrogen-bond donors (Lipinski definition) is 1. The SMILES string of the molecule is CCn1nc(-n2cnnc2)c(NS(=O)(=O)c2ccc3c(c2)CCCC3)c1C. The molecule has 1 aromatic carbocycles. The summed E-state index contributed by atoms with van der Waals surface area (Å²) in [5, 5.41) is 12.1. The molecule has 0 saturated heterocycles. The normalized spacial score (nSPS) is 14.1. The summed E-state index contributed by atoms with van der Waals surface area (Å²) in [4.78, 5) is 0.279. The molecule has 8 nitrogen and oxygen atoms in total. The number of sulfonamides is 1. The highest BCUT2D eigenvalue weighted by Crippen LogP contribution is 2.29. The van der Waals surface area contributed by atoms with Crippen LogP contribution in [0.3, 0.4) is 0 Å². The van der Waals surface area contributed by atoms with E-state index in [1.54, 1.807) is 21.4 Å². The lowest BCUT2D eigenvalue weighted by Gasteiger charge is -2.17. The van der Waals surface area contributed by atoms with Crippen LogP contribution in [0.5, 0.6) is 0 Å². The average molecular weight is 386 g/mol. The second kappa shape index (κ2) is 6.80. The van der Waals surface area contributed by atoms with Gasteiger partial charge >= 0.3 is 0 Å². The van der Waals surface area contributed by atoms with E-state index < -0.39 is 10.0 Å². The minimum Gasteiger partial charge on any atom is -0.274 e. The standard InChI is InChI=1S/C18H22N6O2S/c1-3-24-13(2)17(18(21-24)23-11-19-20-12-23)22-27(25,26)16-9-8-14-6-4-5-7-15(14)10-16/h8-12,22H,3-7H2,1-2H3. The molecule has 0 fully saturated rings. The largest absolute Gasteiger partial charge is 0.274 e. The fraction of sp³-hybridized carbons (Fsp3) is 0.389. The third-order valence-electron chi connectivity index (χ3n) is 5.02. The van der Waals surface area contributed by atoms with Gasteiger partial charge in [-0.3, -0.25) is 14.0 Å². The van der Waals surface area contributed by atoms with E-state index in [-0.39, 0.29) is 4.90 Å². The van der Waals surface area contributed by atoms with E-state index in [4.69, 9.17) is 0 Å². The van der Waals surface area contributed by atoms with E-state index in [9.17, 15) is 8.42 Å². The molecular formula is C18H22N6O2S. The third kappa shape index (κ3) is 3.23. The highest BCUT2D eigenvalue weighted by Gasteiger charge is 2.23. The number of benzene rings is 1. The van der Waals surface area contributed by atoms with Crippen LogP contribution in [-0.2, 0) is 29.4 Å². The number of fused-ring (bicyclic) bond motifs is 1. The van der Waals surface area contributed by atoms with Crippen LogP contribution in [0.4, 0.5) is 5.69 Å². The molecule has 2 heterocycles. The van der Waals surface area contributed by atoms with E-state index >= 15 is 0 Å². The maximum atomic E-state index is 13.1. The molecule has 0 radical (unpaired) electrons.